The molecule has 0 aliphatic carbocycles. The van der Waals surface area contributed by atoms with E-state index >= 15 is 0 Å². The molecule has 2 aromatic carbocycles. The maximum Gasteiger partial charge on any atom is 0.261 e. The molecule has 0 saturated carbocycles. The molecule has 3 aromatic rings. The number of aromatic nitrogens is 2. The standard InChI is InChI=1S/C21H23N3O5/c1-4-16(28-15-8-6-5-7-9-15)21(25)22-13-19-23-20(24-29-19)14-10-11-17(26-2)18(12-14)27-3/h5-12,16H,4,13H2,1-3H3,(H,22,25)/t16-/m0/s1. The van der Waals surface area contributed by atoms with Crippen LogP contribution in [0.15, 0.2) is 53.1 Å². The van der Waals surface area contributed by atoms with Crippen LogP contribution < -0.4 is 19.5 Å². The van der Waals surface area contributed by atoms with E-state index < -0.39 is 6.10 Å². The van der Waals surface area contributed by atoms with E-state index in [0.29, 0.717) is 35.1 Å². The van der Waals surface area contributed by atoms with E-state index in [1.807, 2.05) is 37.3 Å². The zero-order chi connectivity index (χ0) is 20.6. The number of nitrogens with zero attached hydrogens (tertiary/aromatic N) is 2. The fraction of sp³-hybridized carbons (Fsp3) is 0.286. The molecule has 0 spiro atoms. The van der Waals surface area contributed by atoms with Crippen molar-refractivity contribution in [3.63, 3.8) is 0 Å². The van der Waals surface area contributed by atoms with E-state index in [1.165, 1.54) is 0 Å². The number of amides is 1. The van der Waals surface area contributed by atoms with Crippen molar-refractivity contribution in [2.75, 3.05) is 14.2 Å². The molecule has 0 saturated heterocycles. The van der Waals surface area contributed by atoms with Gasteiger partial charge in [0, 0.05) is 5.56 Å². The van der Waals surface area contributed by atoms with Crippen LogP contribution in [0.4, 0.5) is 0 Å². The van der Waals surface area contributed by atoms with Gasteiger partial charge >= 0.3 is 0 Å². The summed E-state index contributed by atoms with van der Waals surface area (Å²) in [5, 5.41) is 6.73. The Balaban J connectivity index is 1.62. The largest absolute Gasteiger partial charge is 0.493 e. The normalized spacial score (nSPS) is 11.6. The van der Waals surface area contributed by atoms with Gasteiger partial charge in [0.1, 0.15) is 5.75 Å². The van der Waals surface area contributed by atoms with Crippen molar-refractivity contribution in [1.29, 1.82) is 0 Å². The van der Waals surface area contributed by atoms with Crippen molar-refractivity contribution in [3.05, 3.63) is 54.4 Å². The summed E-state index contributed by atoms with van der Waals surface area (Å²) in [5.41, 5.74) is 0.711. The Kier molecular flexibility index (Phi) is 6.67. The van der Waals surface area contributed by atoms with Crippen LogP contribution in [0.2, 0.25) is 0 Å². The molecule has 8 heteroatoms. The first-order chi connectivity index (χ1) is 14.1. The Bertz CT molecular complexity index is 942. The second-order valence-electron chi connectivity index (χ2n) is 6.13. The average Bonchev–Trinajstić information content (AvgIpc) is 3.25. The molecule has 1 aromatic heterocycles. The van der Waals surface area contributed by atoms with Gasteiger partial charge in [-0.15, -0.1) is 0 Å². The first kappa shape index (κ1) is 20.2. The minimum absolute atomic E-state index is 0.105. The Morgan fingerprint density at radius 2 is 1.86 bits per heavy atom. The van der Waals surface area contributed by atoms with Crippen molar-refractivity contribution in [2.45, 2.75) is 26.0 Å². The van der Waals surface area contributed by atoms with E-state index in [4.69, 9.17) is 18.7 Å². The van der Waals surface area contributed by atoms with Crippen molar-refractivity contribution in [3.8, 4) is 28.6 Å². The van der Waals surface area contributed by atoms with Gasteiger partial charge in [0.25, 0.3) is 5.91 Å². The summed E-state index contributed by atoms with van der Waals surface area (Å²) in [6.07, 6.45) is -0.0767. The van der Waals surface area contributed by atoms with Crippen molar-refractivity contribution in [2.24, 2.45) is 0 Å². The van der Waals surface area contributed by atoms with Gasteiger partial charge in [0.15, 0.2) is 17.6 Å². The minimum Gasteiger partial charge on any atom is -0.493 e. The van der Waals surface area contributed by atoms with Gasteiger partial charge in [0.05, 0.1) is 20.8 Å². The van der Waals surface area contributed by atoms with Gasteiger partial charge in [-0.25, -0.2) is 0 Å². The monoisotopic (exact) mass is 397 g/mol. The van der Waals surface area contributed by atoms with Gasteiger partial charge in [0.2, 0.25) is 11.7 Å². The lowest BCUT2D eigenvalue weighted by molar-refractivity contribution is -0.128. The van der Waals surface area contributed by atoms with Crippen molar-refractivity contribution in [1.82, 2.24) is 15.5 Å². The molecule has 0 aliphatic heterocycles. The number of para-hydroxylation sites is 1. The molecule has 1 atom stereocenters. The summed E-state index contributed by atoms with van der Waals surface area (Å²) in [5.74, 6) is 2.25. The Hall–Kier alpha value is -3.55. The highest BCUT2D eigenvalue weighted by molar-refractivity contribution is 5.81. The fourth-order valence-corrected chi connectivity index (χ4v) is 2.68. The number of benzene rings is 2. The predicted molar refractivity (Wildman–Crippen MR) is 106 cm³/mol. The summed E-state index contributed by atoms with van der Waals surface area (Å²) < 4.78 is 21.5. The van der Waals surface area contributed by atoms with Gasteiger partial charge in [-0.2, -0.15) is 4.98 Å². The highest BCUT2D eigenvalue weighted by atomic mass is 16.5. The number of rotatable bonds is 9. The molecule has 3 rings (SSSR count). The number of ether oxygens (including phenoxy) is 3. The molecule has 29 heavy (non-hydrogen) atoms. The number of nitrogens with one attached hydrogen (secondary N) is 1. The van der Waals surface area contributed by atoms with Crippen LogP contribution in [-0.2, 0) is 11.3 Å². The van der Waals surface area contributed by atoms with Crippen molar-refractivity contribution >= 4 is 5.91 Å². The van der Waals surface area contributed by atoms with E-state index in [-0.39, 0.29) is 18.3 Å². The predicted octanol–water partition coefficient (Wildman–Crippen LogP) is 3.23. The molecule has 0 bridgehead atoms. The van der Waals surface area contributed by atoms with Crippen LogP contribution in [0.5, 0.6) is 17.2 Å². The molecule has 0 radical (unpaired) electrons. The lowest BCUT2D eigenvalue weighted by Gasteiger charge is -2.16. The first-order valence-corrected chi connectivity index (χ1v) is 9.19. The van der Waals surface area contributed by atoms with Crippen LogP contribution in [0.25, 0.3) is 11.4 Å². The molecule has 1 amide bonds. The van der Waals surface area contributed by atoms with Crippen LogP contribution in [0.3, 0.4) is 0 Å². The summed E-state index contributed by atoms with van der Waals surface area (Å²) in [6, 6.07) is 14.5. The molecule has 1 heterocycles. The lowest BCUT2D eigenvalue weighted by atomic mass is 10.2. The SMILES string of the molecule is CC[C@H](Oc1ccccc1)C(=O)NCc1nc(-c2ccc(OC)c(OC)c2)no1. The molecular weight excluding hydrogens is 374 g/mol. The Morgan fingerprint density at radius 3 is 2.55 bits per heavy atom. The number of methoxy groups -OCH3 is 2. The van der Waals surface area contributed by atoms with Gasteiger partial charge < -0.3 is 24.1 Å². The fourth-order valence-electron chi connectivity index (χ4n) is 2.68. The van der Waals surface area contributed by atoms with Gasteiger partial charge in [-0.05, 0) is 36.8 Å². The molecular formula is C21H23N3O5. The third kappa shape index (κ3) is 5.04. The second-order valence-corrected chi connectivity index (χ2v) is 6.13. The highest BCUT2D eigenvalue weighted by Crippen LogP contribution is 2.31. The van der Waals surface area contributed by atoms with Crippen LogP contribution in [-0.4, -0.2) is 36.4 Å². The number of carbonyl (C=O) groups is 1. The zero-order valence-corrected chi connectivity index (χ0v) is 16.5. The number of hydrogen-bond acceptors (Lipinski definition) is 7. The molecule has 1 N–H and O–H groups in total. The van der Waals surface area contributed by atoms with E-state index in [9.17, 15) is 4.79 Å². The quantitative estimate of drug-likeness (QED) is 0.592. The molecule has 152 valence electrons. The molecule has 0 unspecified atom stereocenters. The maximum absolute atomic E-state index is 12.4. The zero-order valence-electron chi connectivity index (χ0n) is 16.5. The summed E-state index contributed by atoms with van der Waals surface area (Å²) in [4.78, 5) is 16.7. The Labute approximate surface area is 168 Å². The number of carbonyl (C=O) groups excluding carboxylic acids is 1. The van der Waals surface area contributed by atoms with Crippen LogP contribution in [0, 0.1) is 0 Å². The Morgan fingerprint density at radius 1 is 1.10 bits per heavy atom. The second kappa shape index (κ2) is 9.59. The summed E-state index contributed by atoms with van der Waals surface area (Å²) in [7, 11) is 3.12. The summed E-state index contributed by atoms with van der Waals surface area (Å²) >= 11 is 0. The van der Waals surface area contributed by atoms with Gasteiger partial charge in [-0.3, -0.25) is 4.79 Å². The lowest BCUT2D eigenvalue weighted by Crippen LogP contribution is -2.37. The molecule has 0 aliphatic rings. The van der Waals surface area contributed by atoms with E-state index in [0.717, 1.165) is 0 Å². The minimum atomic E-state index is -0.606. The van der Waals surface area contributed by atoms with Gasteiger partial charge in [-0.1, -0.05) is 30.3 Å². The molecule has 0 fully saturated rings. The van der Waals surface area contributed by atoms with E-state index in [2.05, 4.69) is 15.5 Å². The van der Waals surface area contributed by atoms with Crippen LogP contribution >= 0.6 is 0 Å². The third-order valence-corrected chi connectivity index (χ3v) is 4.21. The average molecular weight is 397 g/mol. The smallest absolute Gasteiger partial charge is 0.261 e. The topological polar surface area (TPSA) is 95.7 Å². The first-order valence-electron chi connectivity index (χ1n) is 9.19. The maximum atomic E-state index is 12.4. The van der Waals surface area contributed by atoms with Crippen molar-refractivity contribution < 1.29 is 23.5 Å². The number of hydrogen-bond donors (Lipinski definition) is 1. The van der Waals surface area contributed by atoms with Crippen LogP contribution in [0.1, 0.15) is 19.2 Å². The highest BCUT2D eigenvalue weighted by Gasteiger charge is 2.19. The van der Waals surface area contributed by atoms with E-state index in [1.54, 1.807) is 32.4 Å². The third-order valence-electron chi connectivity index (χ3n) is 4.21. The molecule has 8 nitrogen and oxygen atoms in total. The summed E-state index contributed by atoms with van der Waals surface area (Å²) in [6.45, 7) is 1.99.